The van der Waals surface area contributed by atoms with Gasteiger partial charge in [0.15, 0.2) is 0 Å². The molecule has 0 amide bonds. The van der Waals surface area contributed by atoms with Crippen LogP contribution in [0, 0.1) is 25.2 Å². The number of nitriles is 1. The van der Waals surface area contributed by atoms with Crippen molar-refractivity contribution in [2.24, 2.45) is 0 Å². The van der Waals surface area contributed by atoms with E-state index in [1.807, 2.05) is 38.1 Å². The number of aryl methyl sites for hydroxylation is 2. The summed E-state index contributed by atoms with van der Waals surface area (Å²) >= 11 is 0. The maximum Gasteiger partial charge on any atom is 0.230 e. The lowest BCUT2D eigenvalue weighted by Crippen LogP contribution is -2.01. The summed E-state index contributed by atoms with van der Waals surface area (Å²) in [6.45, 7) is 4.43. The van der Waals surface area contributed by atoms with Crippen molar-refractivity contribution in [3.8, 4) is 23.4 Å². The molecule has 0 bridgehead atoms. The van der Waals surface area contributed by atoms with Crippen molar-refractivity contribution in [3.63, 3.8) is 0 Å². The molecule has 0 aliphatic carbocycles. The number of nitrogens with one attached hydrogen (secondary N) is 1. The molecule has 7 heteroatoms. The normalized spacial score (nSPS) is 10.3. The smallest absolute Gasteiger partial charge is 0.230 e. The Bertz CT molecular complexity index is 1230. The first kappa shape index (κ1) is 20.8. The zero-order chi connectivity index (χ0) is 22.3. The largest absolute Gasteiger partial charge is 0.487 e. The van der Waals surface area contributed by atoms with Crippen LogP contribution in [-0.4, -0.2) is 15.0 Å². The van der Waals surface area contributed by atoms with Gasteiger partial charge in [-0.05, 0) is 79.1 Å². The number of hydrogen-bond acceptors (Lipinski definition) is 7. The fourth-order valence-corrected chi connectivity index (χ4v) is 3.20. The summed E-state index contributed by atoms with van der Waals surface area (Å²) in [7, 11) is 0. The van der Waals surface area contributed by atoms with Crippen LogP contribution in [0.5, 0.6) is 17.4 Å². The molecule has 0 aliphatic heterocycles. The molecule has 7 nitrogen and oxygen atoms in total. The number of nitrogens with zero attached hydrogens (tertiary/aromatic N) is 4. The summed E-state index contributed by atoms with van der Waals surface area (Å²) in [5.74, 6) is 2.32. The average molecular weight is 423 g/mol. The molecular formula is C25H21N5O2. The van der Waals surface area contributed by atoms with Gasteiger partial charge in [0.25, 0.3) is 0 Å². The van der Waals surface area contributed by atoms with Gasteiger partial charge in [-0.15, -0.1) is 0 Å². The number of ether oxygens (including phenoxy) is 2. The van der Waals surface area contributed by atoms with Crippen molar-refractivity contribution in [3.05, 3.63) is 95.4 Å². The van der Waals surface area contributed by atoms with E-state index in [0.717, 1.165) is 33.9 Å². The van der Waals surface area contributed by atoms with Crippen LogP contribution in [-0.2, 0) is 6.61 Å². The molecule has 0 fully saturated rings. The molecule has 32 heavy (non-hydrogen) atoms. The van der Waals surface area contributed by atoms with E-state index in [9.17, 15) is 0 Å². The molecule has 0 saturated heterocycles. The third kappa shape index (κ3) is 5.18. The van der Waals surface area contributed by atoms with Crippen molar-refractivity contribution >= 4 is 11.6 Å². The zero-order valence-corrected chi connectivity index (χ0v) is 17.7. The van der Waals surface area contributed by atoms with Gasteiger partial charge in [0.2, 0.25) is 11.8 Å². The summed E-state index contributed by atoms with van der Waals surface area (Å²) in [5, 5.41) is 12.0. The first-order chi connectivity index (χ1) is 15.6. The number of rotatable bonds is 7. The fraction of sp³-hybridized carbons (Fsp3) is 0.120. The number of aromatic nitrogens is 3. The topological polar surface area (TPSA) is 93.0 Å². The van der Waals surface area contributed by atoms with Gasteiger partial charge in [-0.3, -0.25) is 4.98 Å². The maximum atomic E-state index is 8.92. The lowest BCUT2D eigenvalue weighted by molar-refractivity contribution is 0.304. The van der Waals surface area contributed by atoms with Crippen molar-refractivity contribution in [1.29, 1.82) is 5.26 Å². The maximum absolute atomic E-state index is 8.92. The summed E-state index contributed by atoms with van der Waals surface area (Å²) in [4.78, 5) is 12.7. The van der Waals surface area contributed by atoms with Gasteiger partial charge in [0.1, 0.15) is 18.1 Å². The minimum absolute atomic E-state index is 0.406. The van der Waals surface area contributed by atoms with E-state index in [1.165, 1.54) is 0 Å². The minimum atomic E-state index is 0.406. The molecule has 158 valence electrons. The number of anilines is 2. The summed E-state index contributed by atoms with van der Waals surface area (Å²) < 4.78 is 11.9. The highest BCUT2D eigenvalue weighted by Gasteiger charge is 2.10. The summed E-state index contributed by atoms with van der Waals surface area (Å²) in [6.07, 6.45) is 5.04. The SMILES string of the molecule is Cc1cc(COc2cccnc2)cc(C)c1Oc1ccnc(Nc2ccc(C#N)cc2)n1. The van der Waals surface area contributed by atoms with Crippen molar-refractivity contribution in [2.45, 2.75) is 20.5 Å². The Morgan fingerprint density at radius 3 is 2.47 bits per heavy atom. The molecule has 4 aromatic rings. The zero-order valence-electron chi connectivity index (χ0n) is 17.7. The fourth-order valence-electron chi connectivity index (χ4n) is 3.20. The van der Waals surface area contributed by atoms with Crippen LogP contribution in [0.2, 0.25) is 0 Å². The minimum Gasteiger partial charge on any atom is -0.487 e. The van der Waals surface area contributed by atoms with Gasteiger partial charge in [-0.2, -0.15) is 10.2 Å². The molecule has 4 rings (SSSR count). The van der Waals surface area contributed by atoms with Crippen molar-refractivity contribution < 1.29 is 9.47 Å². The standard InChI is InChI=1S/C25H21N5O2/c1-17-12-20(16-31-22-4-3-10-27-15-22)13-18(2)24(17)32-23-9-11-28-25(30-23)29-21-7-5-19(14-26)6-8-21/h3-13,15H,16H2,1-2H3,(H,28,29,30). The van der Waals surface area contributed by atoms with Crippen LogP contribution in [0.3, 0.4) is 0 Å². The van der Waals surface area contributed by atoms with Crippen LogP contribution in [0.1, 0.15) is 22.3 Å². The van der Waals surface area contributed by atoms with E-state index >= 15 is 0 Å². The predicted molar refractivity (Wildman–Crippen MR) is 121 cm³/mol. The first-order valence-electron chi connectivity index (χ1n) is 10.0. The highest BCUT2D eigenvalue weighted by Crippen LogP contribution is 2.30. The Hall–Kier alpha value is -4.44. The average Bonchev–Trinajstić information content (AvgIpc) is 2.81. The van der Waals surface area contributed by atoms with E-state index < -0.39 is 0 Å². The summed E-state index contributed by atoms with van der Waals surface area (Å²) in [6, 6.07) is 18.7. The molecule has 0 radical (unpaired) electrons. The molecule has 0 atom stereocenters. The van der Waals surface area contributed by atoms with Gasteiger partial charge in [-0.1, -0.05) is 0 Å². The molecule has 2 aromatic carbocycles. The monoisotopic (exact) mass is 423 g/mol. The molecule has 2 heterocycles. The van der Waals surface area contributed by atoms with Gasteiger partial charge in [0, 0.05) is 24.1 Å². The highest BCUT2D eigenvalue weighted by atomic mass is 16.5. The quantitative estimate of drug-likeness (QED) is 0.421. The van der Waals surface area contributed by atoms with Crippen molar-refractivity contribution in [2.75, 3.05) is 5.32 Å². The van der Waals surface area contributed by atoms with Gasteiger partial charge < -0.3 is 14.8 Å². The highest BCUT2D eigenvalue weighted by molar-refractivity contribution is 5.55. The Morgan fingerprint density at radius 2 is 1.78 bits per heavy atom. The van der Waals surface area contributed by atoms with E-state index in [0.29, 0.717) is 24.0 Å². The second-order valence-electron chi connectivity index (χ2n) is 7.17. The lowest BCUT2D eigenvalue weighted by atomic mass is 10.1. The number of hydrogen-bond donors (Lipinski definition) is 1. The van der Waals surface area contributed by atoms with Crippen LogP contribution in [0.4, 0.5) is 11.6 Å². The molecule has 2 aromatic heterocycles. The van der Waals surface area contributed by atoms with Crippen molar-refractivity contribution in [1.82, 2.24) is 15.0 Å². The van der Waals surface area contributed by atoms with Gasteiger partial charge in [-0.25, -0.2) is 4.98 Å². The first-order valence-corrected chi connectivity index (χ1v) is 10.0. The lowest BCUT2D eigenvalue weighted by Gasteiger charge is -2.14. The molecule has 0 spiro atoms. The molecule has 1 N–H and O–H groups in total. The summed E-state index contributed by atoms with van der Waals surface area (Å²) in [5.41, 5.74) is 4.38. The predicted octanol–water partition coefficient (Wildman–Crippen LogP) is 5.48. The van der Waals surface area contributed by atoms with Crippen LogP contribution in [0.15, 0.2) is 73.2 Å². The second-order valence-corrected chi connectivity index (χ2v) is 7.17. The third-order valence-electron chi connectivity index (χ3n) is 4.67. The Kier molecular flexibility index (Phi) is 6.23. The van der Waals surface area contributed by atoms with Crippen LogP contribution in [0.25, 0.3) is 0 Å². The van der Waals surface area contributed by atoms with E-state index in [4.69, 9.17) is 14.7 Å². The molecule has 0 aliphatic rings. The number of pyridine rings is 1. The molecular weight excluding hydrogens is 402 g/mol. The third-order valence-corrected chi connectivity index (χ3v) is 4.67. The van der Waals surface area contributed by atoms with E-state index in [2.05, 4.69) is 26.3 Å². The number of benzene rings is 2. The van der Waals surface area contributed by atoms with E-state index in [1.54, 1.807) is 48.9 Å². The van der Waals surface area contributed by atoms with Gasteiger partial charge in [0.05, 0.1) is 17.8 Å². The van der Waals surface area contributed by atoms with E-state index in [-0.39, 0.29) is 0 Å². The second kappa shape index (κ2) is 9.58. The Balaban J connectivity index is 1.46. The van der Waals surface area contributed by atoms with Crippen LogP contribution >= 0.6 is 0 Å². The van der Waals surface area contributed by atoms with Gasteiger partial charge >= 0.3 is 0 Å². The Morgan fingerprint density at radius 1 is 1.00 bits per heavy atom. The Labute approximate surface area is 186 Å². The molecule has 0 unspecified atom stereocenters. The van der Waals surface area contributed by atoms with Crippen LogP contribution < -0.4 is 14.8 Å². The molecule has 0 saturated carbocycles.